The molecule has 0 saturated carbocycles. The highest BCUT2D eigenvalue weighted by Gasteiger charge is 1.90. The van der Waals surface area contributed by atoms with E-state index in [4.69, 9.17) is 14.6 Å². The summed E-state index contributed by atoms with van der Waals surface area (Å²) in [6, 6.07) is 0. The van der Waals surface area contributed by atoms with Gasteiger partial charge in [-0.1, -0.05) is 5.57 Å². The summed E-state index contributed by atoms with van der Waals surface area (Å²) in [4.78, 5) is 0. The molecule has 0 aromatic carbocycles. The fraction of sp³-hybridized carbons (Fsp3) is 0.800. The third-order valence-electron chi connectivity index (χ3n) is 1.50. The van der Waals surface area contributed by atoms with Gasteiger partial charge < -0.3 is 14.6 Å². The van der Waals surface area contributed by atoms with Gasteiger partial charge in [-0.3, -0.25) is 0 Å². The average molecular weight is 188 g/mol. The van der Waals surface area contributed by atoms with Crippen molar-refractivity contribution >= 4 is 0 Å². The van der Waals surface area contributed by atoms with Crippen LogP contribution < -0.4 is 0 Å². The van der Waals surface area contributed by atoms with Crippen molar-refractivity contribution in [1.29, 1.82) is 0 Å². The summed E-state index contributed by atoms with van der Waals surface area (Å²) in [5.41, 5.74) is 1.19. The van der Waals surface area contributed by atoms with Crippen LogP contribution >= 0.6 is 0 Å². The van der Waals surface area contributed by atoms with Gasteiger partial charge in [-0.05, 0) is 19.8 Å². The van der Waals surface area contributed by atoms with Crippen LogP contribution in [-0.2, 0) is 9.47 Å². The van der Waals surface area contributed by atoms with Gasteiger partial charge in [-0.15, -0.1) is 6.58 Å². The first-order chi connectivity index (χ1) is 6.27. The van der Waals surface area contributed by atoms with Crippen molar-refractivity contribution in [1.82, 2.24) is 0 Å². The third-order valence-corrected chi connectivity index (χ3v) is 1.50. The van der Waals surface area contributed by atoms with Crippen molar-refractivity contribution in [2.75, 3.05) is 33.0 Å². The predicted molar refractivity (Wildman–Crippen MR) is 52.8 cm³/mol. The lowest BCUT2D eigenvalue weighted by molar-refractivity contribution is 0.0326. The maximum atomic E-state index is 8.39. The van der Waals surface area contributed by atoms with Crippen molar-refractivity contribution in [3.8, 4) is 0 Å². The summed E-state index contributed by atoms with van der Waals surface area (Å²) < 4.78 is 10.3. The topological polar surface area (TPSA) is 38.7 Å². The predicted octanol–water partition coefficient (Wildman–Crippen LogP) is 1.37. The van der Waals surface area contributed by atoms with E-state index in [1.807, 2.05) is 6.92 Å². The Morgan fingerprint density at radius 2 is 1.77 bits per heavy atom. The lowest BCUT2D eigenvalue weighted by Crippen LogP contribution is -2.07. The van der Waals surface area contributed by atoms with E-state index in [0.29, 0.717) is 19.8 Å². The van der Waals surface area contributed by atoms with Crippen LogP contribution in [0.2, 0.25) is 0 Å². The normalized spacial score (nSPS) is 10.3. The molecule has 0 spiro atoms. The first-order valence-electron chi connectivity index (χ1n) is 4.68. The van der Waals surface area contributed by atoms with Gasteiger partial charge in [0.25, 0.3) is 0 Å². The molecule has 0 aliphatic heterocycles. The molecule has 13 heavy (non-hydrogen) atoms. The van der Waals surface area contributed by atoms with Gasteiger partial charge in [-0.25, -0.2) is 0 Å². The van der Waals surface area contributed by atoms with Crippen molar-refractivity contribution in [3.63, 3.8) is 0 Å². The maximum Gasteiger partial charge on any atom is 0.0701 e. The first-order valence-corrected chi connectivity index (χ1v) is 4.68. The SMILES string of the molecule is C=C(C)CCCOCCOCCO. The molecule has 0 aliphatic rings. The van der Waals surface area contributed by atoms with E-state index in [2.05, 4.69) is 6.58 Å². The summed E-state index contributed by atoms with van der Waals surface area (Å²) in [6.45, 7) is 8.23. The highest BCUT2D eigenvalue weighted by Crippen LogP contribution is 1.99. The van der Waals surface area contributed by atoms with E-state index in [-0.39, 0.29) is 6.61 Å². The standard InChI is InChI=1S/C10H20O3/c1-10(2)4-3-6-12-8-9-13-7-5-11/h11H,1,3-9H2,2H3. The minimum atomic E-state index is 0.0790. The van der Waals surface area contributed by atoms with Crippen LogP contribution in [0.4, 0.5) is 0 Å². The molecule has 78 valence electrons. The zero-order valence-corrected chi connectivity index (χ0v) is 8.42. The van der Waals surface area contributed by atoms with Crippen molar-refractivity contribution < 1.29 is 14.6 Å². The van der Waals surface area contributed by atoms with Gasteiger partial charge in [0.15, 0.2) is 0 Å². The molecule has 0 heterocycles. The zero-order valence-electron chi connectivity index (χ0n) is 8.42. The summed E-state index contributed by atoms with van der Waals surface area (Å²) in [6.07, 6.45) is 2.05. The van der Waals surface area contributed by atoms with Gasteiger partial charge in [0.2, 0.25) is 0 Å². The first kappa shape index (κ1) is 12.6. The molecular formula is C10H20O3. The molecule has 0 aliphatic carbocycles. The Balaban J connectivity index is 2.87. The fourth-order valence-corrected chi connectivity index (χ4v) is 0.863. The second-order valence-corrected chi connectivity index (χ2v) is 3.01. The minimum absolute atomic E-state index is 0.0790. The van der Waals surface area contributed by atoms with Gasteiger partial charge in [0.1, 0.15) is 0 Å². The van der Waals surface area contributed by atoms with Crippen LogP contribution in [0, 0.1) is 0 Å². The van der Waals surface area contributed by atoms with Crippen LogP contribution in [0.3, 0.4) is 0 Å². The Kier molecular flexibility index (Phi) is 9.42. The van der Waals surface area contributed by atoms with Crippen LogP contribution in [-0.4, -0.2) is 38.1 Å². The van der Waals surface area contributed by atoms with E-state index in [1.165, 1.54) is 5.57 Å². The Labute approximate surface area is 80.4 Å². The molecule has 3 nitrogen and oxygen atoms in total. The fourth-order valence-electron chi connectivity index (χ4n) is 0.863. The van der Waals surface area contributed by atoms with Gasteiger partial charge >= 0.3 is 0 Å². The van der Waals surface area contributed by atoms with Crippen molar-refractivity contribution in [3.05, 3.63) is 12.2 Å². The van der Waals surface area contributed by atoms with Gasteiger partial charge in [0, 0.05) is 6.61 Å². The monoisotopic (exact) mass is 188 g/mol. The third kappa shape index (κ3) is 11.6. The number of rotatable bonds is 9. The molecule has 0 aromatic heterocycles. The van der Waals surface area contributed by atoms with Gasteiger partial charge in [0.05, 0.1) is 26.4 Å². The number of hydrogen-bond acceptors (Lipinski definition) is 3. The summed E-state index contributed by atoms with van der Waals surface area (Å²) in [7, 11) is 0. The minimum Gasteiger partial charge on any atom is -0.394 e. The molecule has 0 aromatic rings. The van der Waals surface area contributed by atoms with E-state index >= 15 is 0 Å². The Morgan fingerprint density at radius 1 is 1.15 bits per heavy atom. The Hall–Kier alpha value is -0.380. The maximum absolute atomic E-state index is 8.39. The number of aliphatic hydroxyl groups excluding tert-OH is 1. The van der Waals surface area contributed by atoms with E-state index < -0.39 is 0 Å². The number of aliphatic hydroxyl groups is 1. The quantitative estimate of drug-likeness (QED) is 0.438. The van der Waals surface area contributed by atoms with E-state index in [0.717, 1.165) is 19.4 Å². The smallest absolute Gasteiger partial charge is 0.0701 e. The second kappa shape index (κ2) is 9.71. The highest BCUT2D eigenvalue weighted by molar-refractivity contribution is 4.86. The van der Waals surface area contributed by atoms with Crippen LogP contribution in [0.5, 0.6) is 0 Å². The van der Waals surface area contributed by atoms with Crippen molar-refractivity contribution in [2.24, 2.45) is 0 Å². The molecular weight excluding hydrogens is 168 g/mol. The van der Waals surface area contributed by atoms with Crippen LogP contribution in [0.1, 0.15) is 19.8 Å². The molecule has 0 saturated heterocycles. The van der Waals surface area contributed by atoms with Crippen LogP contribution in [0.15, 0.2) is 12.2 Å². The molecule has 0 bridgehead atoms. The number of hydrogen-bond donors (Lipinski definition) is 1. The second-order valence-electron chi connectivity index (χ2n) is 3.01. The molecule has 0 radical (unpaired) electrons. The lowest BCUT2D eigenvalue weighted by Gasteiger charge is -2.04. The molecule has 0 fully saturated rings. The largest absolute Gasteiger partial charge is 0.394 e. The molecule has 1 N–H and O–H groups in total. The average Bonchev–Trinajstić information content (AvgIpc) is 2.09. The summed E-state index contributed by atoms with van der Waals surface area (Å²) >= 11 is 0. The number of allylic oxidation sites excluding steroid dienone is 1. The lowest BCUT2D eigenvalue weighted by atomic mass is 10.2. The number of ether oxygens (including phenoxy) is 2. The zero-order chi connectivity index (χ0) is 9.94. The van der Waals surface area contributed by atoms with E-state index in [9.17, 15) is 0 Å². The summed E-state index contributed by atoms with van der Waals surface area (Å²) in [5.74, 6) is 0. The van der Waals surface area contributed by atoms with Crippen LogP contribution in [0.25, 0.3) is 0 Å². The molecule has 0 rings (SSSR count). The Morgan fingerprint density at radius 3 is 2.31 bits per heavy atom. The van der Waals surface area contributed by atoms with Crippen molar-refractivity contribution in [2.45, 2.75) is 19.8 Å². The summed E-state index contributed by atoms with van der Waals surface area (Å²) in [5, 5.41) is 8.39. The molecule has 0 atom stereocenters. The molecule has 0 unspecified atom stereocenters. The Bertz CT molecular complexity index is 123. The molecule has 0 amide bonds. The highest BCUT2D eigenvalue weighted by atomic mass is 16.5. The van der Waals surface area contributed by atoms with Gasteiger partial charge in [-0.2, -0.15) is 0 Å². The van der Waals surface area contributed by atoms with E-state index in [1.54, 1.807) is 0 Å². The molecule has 3 heteroatoms.